The Morgan fingerprint density at radius 2 is 2.12 bits per heavy atom. The Hall–Kier alpha value is -0.570. The molecule has 0 aromatic carbocycles. The minimum atomic E-state index is 0.128. The molecule has 3 heteroatoms. The zero-order valence-electron chi connectivity index (χ0n) is 10.2. The van der Waals surface area contributed by atoms with E-state index >= 15 is 0 Å². The van der Waals surface area contributed by atoms with Gasteiger partial charge < -0.3 is 10.2 Å². The van der Waals surface area contributed by atoms with Gasteiger partial charge in [-0.2, -0.15) is 0 Å². The zero-order chi connectivity index (χ0) is 11.2. The third kappa shape index (κ3) is 2.24. The van der Waals surface area contributed by atoms with E-state index in [2.05, 4.69) is 17.1 Å². The lowest BCUT2D eigenvalue weighted by Gasteiger charge is -2.34. The first-order valence-electron chi connectivity index (χ1n) is 6.71. The molecule has 0 radical (unpaired) electrons. The second kappa shape index (κ2) is 3.73. The number of rotatable bonds is 4. The number of nitrogens with zero attached hydrogens (tertiary/aromatic N) is 1. The fraction of sp³-hybridized carbons (Fsp3) is 0.923. The Morgan fingerprint density at radius 3 is 2.75 bits per heavy atom. The number of amides is 1. The van der Waals surface area contributed by atoms with Crippen LogP contribution in [-0.2, 0) is 4.79 Å². The molecular formula is C13H22N2O. The summed E-state index contributed by atoms with van der Waals surface area (Å²) in [6.07, 6.45) is 7.35. The number of hydrogen-bond donors (Lipinski definition) is 1. The maximum atomic E-state index is 12.3. The minimum absolute atomic E-state index is 0.128. The number of carbonyl (C=O) groups is 1. The Balaban J connectivity index is 1.58. The summed E-state index contributed by atoms with van der Waals surface area (Å²) < 4.78 is 0. The fourth-order valence-electron chi connectivity index (χ4n) is 2.62. The highest BCUT2D eigenvalue weighted by Crippen LogP contribution is 2.45. The van der Waals surface area contributed by atoms with Crippen molar-refractivity contribution in [1.82, 2.24) is 10.2 Å². The molecule has 16 heavy (non-hydrogen) atoms. The van der Waals surface area contributed by atoms with Crippen LogP contribution in [0.3, 0.4) is 0 Å². The lowest BCUT2D eigenvalue weighted by atomic mass is 10.0. The monoisotopic (exact) mass is 222 g/mol. The van der Waals surface area contributed by atoms with Gasteiger partial charge in [0.15, 0.2) is 0 Å². The van der Waals surface area contributed by atoms with Crippen molar-refractivity contribution in [1.29, 1.82) is 0 Å². The number of nitrogens with one attached hydrogen (secondary N) is 1. The zero-order valence-corrected chi connectivity index (χ0v) is 10.2. The van der Waals surface area contributed by atoms with Crippen molar-refractivity contribution in [3.63, 3.8) is 0 Å². The molecule has 3 aliphatic rings. The molecule has 1 N–H and O–H groups in total. The van der Waals surface area contributed by atoms with Crippen molar-refractivity contribution < 1.29 is 4.79 Å². The Morgan fingerprint density at radius 1 is 1.38 bits per heavy atom. The predicted molar refractivity (Wildman–Crippen MR) is 63.1 cm³/mol. The van der Waals surface area contributed by atoms with Crippen molar-refractivity contribution >= 4 is 5.91 Å². The SMILES string of the molecule is CC1(CN2CCCC(NC3CC3)C2=O)CC1. The average Bonchev–Trinajstić information content (AvgIpc) is 3.13. The van der Waals surface area contributed by atoms with E-state index in [1.54, 1.807) is 0 Å². The van der Waals surface area contributed by atoms with E-state index in [4.69, 9.17) is 0 Å². The topological polar surface area (TPSA) is 32.3 Å². The molecule has 1 heterocycles. The van der Waals surface area contributed by atoms with Crippen LogP contribution in [0.5, 0.6) is 0 Å². The Labute approximate surface area is 97.6 Å². The van der Waals surface area contributed by atoms with Gasteiger partial charge in [0.25, 0.3) is 0 Å². The van der Waals surface area contributed by atoms with E-state index in [0.717, 1.165) is 19.5 Å². The molecule has 3 rings (SSSR count). The first kappa shape index (κ1) is 10.6. The summed E-state index contributed by atoms with van der Waals surface area (Å²) in [5.74, 6) is 0.367. The molecule has 2 saturated carbocycles. The molecule has 1 amide bonds. The first-order chi connectivity index (χ1) is 7.66. The number of piperidine rings is 1. The van der Waals surface area contributed by atoms with Gasteiger partial charge >= 0.3 is 0 Å². The van der Waals surface area contributed by atoms with E-state index in [1.807, 2.05) is 0 Å². The van der Waals surface area contributed by atoms with Crippen LogP contribution >= 0.6 is 0 Å². The van der Waals surface area contributed by atoms with Gasteiger partial charge in [-0.25, -0.2) is 0 Å². The fourth-order valence-corrected chi connectivity index (χ4v) is 2.62. The van der Waals surface area contributed by atoms with Gasteiger partial charge in [0.1, 0.15) is 0 Å². The van der Waals surface area contributed by atoms with E-state index < -0.39 is 0 Å². The second-order valence-corrected chi connectivity index (χ2v) is 6.21. The highest BCUT2D eigenvalue weighted by molar-refractivity contribution is 5.82. The van der Waals surface area contributed by atoms with Crippen LogP contribution in [0.1, 0.15) is 45.4 Å². The standard InChI is InChI=1S/C13H22N2O/c1-13(6-7-13)9-15-8-2-3-11(12(15)16)14-10-4-5-10/h10-11,14H,2-9H2,1H3. The van der Waals surface area contributed by atoms with Crippen molar-refractivity contribution in [2.45, 2.75) is 57.5 Å². The predicted octanol–water partition coefficient (Wildman–Crippen LogP) is 1.53. The summed E-state index contributed by atoms with van der Waals surface area (Å²) in [5.41, 5.74) is 0.455. The summed E-state index contributed by atoms with van der Waals surface area (Å²) in [6, 6.07) is 0.772. The normalized spacial score (nSPS) is 32.9. The van der Waals surface area contributed by atoms with Gasteiger partial charge in [-0.15, -0.1) is 0 Å². The summed E-state index contributed by atoms with van der Waals surface area (Å²) >= 11 is 0. The lowest BCUT2D eigenvalue weighted by molar-refractivity contribution is -0.136. The van der Waals surface area contributed by atoms with Crippen molar-refractivity contribution in [3.05, 3.63) is 0 Å². The van der Waals surface area contributed by atoms with Crippen LogP contribution in [0, 0.1) is 5.41 Å². The summed E-state index contributed by atoms with van der Waals surface area (Å²) in [5, 5.41) is 3.49. The lowest BCUT2D eigenvalue weighted by Crippen LogP contribution is -2.52. The molecule has 1 unspecified atom stereocenters. The molecule has 2 aliphatic carbocycles. The van der Waals surface area contributed by atoms with Crippen LogP contribution < -0.4 is 5.32 Å². The van der Waals surface area contributed by atoms with Crippen LogP contribution in [0.4, 0.5) is 0 Å². The van der Waals surface area contributed by atoms with Crippen LogP contribution in [-0.4, -0.2) is 36.0 Å². The molecule has 0 aromatic heterocycles. The smallest absolute Gasteiger partial charge is 0.239 e. The van der Waals surface area contributed by atoms with Crippen molar-refractivity contribution in [2.75, 3.05) is 13.1 Å². The van der Waals surface area contributed by atoms with E-state index in [1.165, 1.54) is 32.1 Å². The van der Waals surface area contributed by atoms with Gasteiger partial charge in [0.2, 0.25) is 5.91 Å². The summed E-state index contributed by atoms with van der Waals surface area (Å²) in [7, 11) is 0. The molecule has 0 bridgehead atoms. The van der Waals surface area contributed by atoms with Gasteiger partial charge in [0, 0.05) is 19.1 Å². The Kier molecular flexibility index (Phi) is 2.46. The quantitative estimate of drug-likeness (QED) is 0.782. The summed E-state index contributed by atoms with van der Waals surface area (Å²) in [6.45, 7) is 4.28. The third-order valence-corrected chi connectivity index (χ3v) is 4.22. The van der Waals surface area contributed by atoms with Gasteiger partial charge in [0.05, 0.1) is 6.04 Å². The molecule has 1 aliphatic heterocycles. The van der Waals surface area contributed by atoms with Gasteiger partial charge in [-0.3, -0.25) is 4.79 Å². The van der Waals surface area contributed by atoms with Crippen molar-refractivity contribution in [2.24, 2.45) is 5.41 Å². The average molecular weight is 222 g/mol. The molecule has 1 saturated heterocycles. The van der Waals surface area contributed by atoms with E-state index in [9.17, 15) is 4.79 Å². The molecular weight excluding hydrogens is 200 g/mol. The maximum Gasteiger partial charge on any atom is 0.239 e. The third-order valence-electron chi connectivity index (χ3n) is 4.22. The van der Waals surface area contributed by atoms with Crippen molar-refractivity contribution in [3.8, 4) is 0 Å². The highest BCUT2D eigenvalue weighted by Gasteiger charge is 2.42. The van der Waals surface area contributed by atoms with Gasteiger partial charge in [-0.05, 0) is 43.9 Å². The van der Waals surface area contributed by atoms with Crippen LogP contribution in [0.2, 0.25) is 0 Å². The first-order valence-corrected chi connectivity index (χ1v) is 6.71. The van der Waals surface area contributed by atoms with E-state index in [-0.39, 0.29) is 6.04 Å². The molecule has 0 aromatic rings. The summed E-state index contributed by atoms with van der Waals surface area (Å²) in [4.78, 5) is 14.4. The molecule has 90 valence electrons. The molecule has 1 atom stereocenters. The Bertz CT molecular complexity index is 294. The molecule has 3 nitrogen and oxygen atoms in total. The number of likely N-dealkylation sites (tertiary alicyclic amines) is 1. The van der Waals surface area contributed by atoms with Crippen LogP contribution in [0.25, 0.3) is 0 Å². The van der Waals surface area contributed by atoms with Gasteiger partial charge in [-0.1, -0.05) is 6.92 Å². The second-order valence-electron chi connectivity index (χ2n) is 6.21. The largest absolute Gasteiger partial charge is 0.341 e. The maximum absolute atomic E-state index is 12.3. The highest BCUT2D eigenvalue weighted by atomic mass is 16.2. The number of hydrogen-bond acceptors (Lipinski definition) is 2. The van der Waals surface area contributed by atoms with Crippen LogP contribution in [0.15, 0.2) is 0 Å². The number of carbonyl (C=O) groups excluding carboxylic acids is 1. The van der Waals surface area contributed by atoms with E-state index in [0.29, 0.717) is 17.4 Å². The minimum Gasteiger partial charge on any atom is -0.341 e. The molecule has 0 spiro atoms. The molecule has 3 fully saturated rings.